The largest absolute Gasteiger partial charge is 0.384 e. The third-order valence-corrected chi connectivity index (χ3v) is 4.26. The van der Waals surface area contributed by atoms with Crippen LogP contribution in [0, 0.1) is 12.8 Å². The number of aryl methyl sites for hydroxylation is 1. The first-order chi connectivity index (χ1) is 10.2. The zero-order valence-corrected chi connectivity index (χ0v) is 13.7. The standard InChI is InChI=1S/C17H29N3O/c1-4-9-18-12-16-5-6-17(19-14(16)2)20-10-7-15(8-11-20)13-21-3/h5-6,15,18H,4,7-13H2,1-3H3. The highest BCUT2D eigenvalue weighted by Crippen LogP contribution is 2.23. The van der Waals surface area contributed by atoms with Crippen molar-refractivity contribution in [1.29, 1.82) is 0 Å². The number of nitrogens with zero attached hydrogens (tertiary/aromatic N) is 2. The summed E-state index contributed by atoms with van der Waals surface area (Å²) in [5.74, 6) is 1.84. The van der Waals surface area contributed by atoms with Crippen LogP contribution in [0.5, 0.6) is 0 Å². The summed E-state index contributed by atoms with van der Waals surface area (Å²) in [4.78, 5) is 7.21. The van der Waals surface area contributed by atoms with Crippen molar-refractivity contribution >= 4 is 5.82 Å². The molecule has 1 aromatic rings. The maximum absolute atomic E-state index is 5.26. The lowest BCUT2D eigenvalue weighted by Crippen LogP contribution is -2.35. The van der Waals surface area contributed by atoms with Crippen LogP contribution < -0.4 is 10.2 Å². The Balaban J connectivity index is 1.91. The minimum atomic E-state index is 0.713. The number of pyridine rings is 1. The lowest BCUT2D eigenvalue weighted by Gasteiger charge is -2.32. The zero-order chi connectivity index (χ0) is 15.1. The van der Waals surface area contributed by atoms with Crippen molar-refractivity contribution in [3.63, 3.8) is 0 Å². The Morgan fingerprint density at radius 2 is 2.10 bits per heavy atom. The van der Waals surface area contributed by atoms with E-state index in [1.807, 2.05) is 0 Å². The quantitative estimate of drug-likeness (QED) is 0.784. The molecule has 1 aliphatic heterocycles. The van der Waals surface area contributed by atoms with E-state index in [1.165, 1.54) is 24.8 Å². The normalized spacial score (nSPS) is 16.4. The lowest BCUT2D eigenvalue weighted by molar-refractivity contribution is 0.139. The van der Waals surface area contributed by atoms with Crippen molar-refractivity contribution in [3.05, 3.63) is 23.4 Å². The minimum absolute atomic E-state index is 0.713. The molecule has 4 nitrogen and oxygen atoms in total. The molecule has 21 heavy (non-hydrogen) atoms. The monoisotopic (exact) mass is 291 g/mol. The molecule has 0 atom stereocenters. The van der Waals surface area contributed by atoms with Gasteiger partial charge in [0.15, 0.2) is 0 Å². The molecule has 0 saturated carbocycles. The fourth-order valence-corrected chi connectivity index (χ4v) is 2.90. The first-order valence-corrected chi connectivity index (χ1v) is 8.15. The van der Waals surface area contributed by atoms with Crippen molar-refractivity contribution in [3.8, 4) is 0 Å². The van der Waals surface area contributed by atoms with Gasteiger partial charge in [-0.1, -0.05) is 13.0 Å². The number of anilines is 1. The molecule has 1 aromatic heterocycles. The van der Waals surface area contributed by atoms with Crippen molar-refractivity contribution in [2.75, 3.05) is 38.3 Å². The molecule has 1 fully saturated rings. The van der Waals surface area contributed by atoms with Crippen LogP contribution in [0.25, 0.3) is 0 Å². The second-order valence-corrected chi connectivity index (χ2v) is 5.98. The van der Waals surface area contributed by atoms with Crippen molar-refractivity contribution in [1.82, 2.24) is 10.3 Å². The average Bonchev–Trinajstić information content (AvgIpc) is 2.50. The number of piperidine rings is 1. The van der Waals surface area contributed by atoms with Gasteiger partial charge < -0.3 is 15.0 Å². The van der Waals surface area contributed by atoms with Gasteiger partial charge in [0.2, 0.25) is 0 Å². The first-order valence-electron chi connectivity index (χ1n) is 8.15. The second-order valence-electron chi connectivity index (χ2n) is 5.98. The van der Waals surface area contributed by atoms with Gasteiger partial charge in [0.05, 0.1) is 0 Å². The molecule has 1 saturated heterocycles. The van der Waals surface area contributed by atoms with Crippen LogP contribution in [-0.4, -0.2) is 38.3 Å². The predicted octanol–water partition coefficient (Wildman–Crippen LogP) is 2.75. The van der Waals surface area contributed by atoms with Crippen molar-refractivity contribution < 1.29 is 4.74 Å². The van der Waals surface area contributed by atoms with Crippen LogP contribution in [0.4, 0.5) is 5.82 Å². The van der Waals surface area contributed by atoms with E-state index in [2.05, 4.69) is 36.2 Å². The Morgan fingerprint density at radius 3 is 2.71 bits per heavy atom. The molecule has 118 valence electrons. The lowest BCUT2D eigenvalue weighted by atomic mass is 9.98. The topological polar surface area (TPSA) is 37.4 Å². The summed E-state index contributed by atoms with van der Waals surface area (Å²) in [7, 11) is 1.79. The van der Waals surface area contributed by atoms with E-state index in [0.717, 1.165) is 44.3 Å². The fourth-order valence-electron chi connectivity index (χ4n) is 2.90. The van der Waals surface area contributed by atoms with E-state index in [0.29, 0.717) is 5.92 Å². The summed E-state index contributed by atoms with van der Waals surface area (Å²) in [6, 6.07) is 4.40. The van der Waals surface area contributed by atoms with Gasteiger partial charge in [-0.05, 0) is 50.3 Å². The molecule has 0 radical (unpaired) electrons. The maximum Gasteiger partial charge on any atom is 0.128 e. The molecular weight excluding hydrogens is 262 g/mol. The Labute approximate surface area is 128 Å². The van der Waals surface area contributed by atoms with Gasteiger partial charge in [0.25, 0.3) is 0 Å². The number of nitrogens with one attached hydrogen (secondary N) is 1. The van der Waals surface area contributed by atoms with Crippen molar-refractivity contribution in [2.45, 2.75) is 39.7 Å². The Kier molecular flexibility index (Phi) is 6.46. The van der Waals surface area contributed by atoms with Gasteiger partial charge >= 0.3 is 0 Å². The molecule has 0 spiro atoms. The van der Waals surface area contributed by atoms with Crippen LogP contribution in [0.15, 0.2) is 12.1 Å². The van der Waals surface area contributed by atoms with Gasteiger partial charge in [0.1, 0.15) is 5.82 Å². The van der Waals surface area contributed by atoms with Gasteiger partial charge in [-0.2, -0.15) is 0 Å². The number of ether oxygens (including phenoxy) is 1. The van der Waals surface area contributed by atoms with Crippen LogP contribution in [0.3, 0.4) is 0 Å². The molecule has 1 aliphatic rings. The molecule has 0 amide bonds. The van der Waals surface area contributed by atoms with Crippen LogP contribution in [-0.2, 0) is 11.3 Å². The summed E-state index contributed by atoms with van der Waals surface area (Å²) in [5.41, 5.74) is 2.46. The number of methoxy groups -OCH3 is 1. The summed E-state index contributed by atoms with van der Waals surface area (Å²) in [6.45, 7) is 9.36. The van der Waals surface area contributed by atoms with Gasteiger partial charge in [0, 0.05) is 39.0 Å². The highest BCUT2D eigenvalue weighted by molar-refractivity contribution is 5.42. The third kappa shape index (κ3) is 4.68. The Hall–Kier alpha value is -1.13. The summed E-state index contributed by atoms with van der Waals surface area (Å²) in [5, 5.41) is 3.44. The Bertz CT molecular complexity index is 428. The van der Waals surface area contributed by atoms with E-state index >= 15 is 0 Å². The molecule has 1 N–H and O–H groups in total. The summed E-state index contributed by atoms with van der Waals surface area (Å²) < 4.78 is 5.26. The molecular formula is C17H29N3O. The van der Waals surface area contributed by atoms with Gasteiger partial charge in [-0.3, -0.25) is 0 Å². The first kappa shape index (κ1) is 16.2. The number of hydrogen-bond donors (Lipinski definition) is 1. The summed E-state index contributed by atoms with van der Waals surface area (Å²) >= 11 is 0. The molecule has 2 rings (SSSR count). The molecule has 0 bridgehead atoms. The highest BCUT2D eigenvalue weighted by Gasteiger charge is 2.20. The van der Waals surface area contributed by atoms with E-state index in [9.17, 15) is 0 Å². The predicted molar refractivity (Wildman–Crippen MR) is 87.8 cm³/mol. The molecule has 2 heterocycles. The van der Waals surface area contributed by atoms with E-state index in [4.69, 9.17) is 9.72 Å². The number of hydrogen-bond acceptors (Lipinski definition) is 4. The smallest absolute Gasteiger partial charge is 0.128 e. The number of rotatable bonds is 7. The van der Waals surface area contributed by atoms with Gasteiger partial charge in [-0.25, -0.2) is 4.98 Å². The van der Waals surface area contributed by atoms with Gasteiger partial charge in [-0.15, -0.1) is 0 Å². The van der Waals surface area contributed by atoms with E-state index in [1.54, 1.807) is 7.11 Å². The third-order valence-electron chi connectivity index (χ3n) is 4.26. The fraction of sp³-hybridized carbons (Fsp3) is 0.706. The maximum atomic E-state index is 5.26. The molecule has 0 unspecified atom stereocenters. The summed E-state index contributed by atoms with van der Waals surface area (Å²) in [6.07, 6.45) is 3.57. The molecule has 0 aliphatic carbocycles. The average molecular weight is 291 g/mol. The SMILES string of the molecule is CCCNCc1ccc(N2CCC(COC)CC2)nc1C. The van der Waals surface area contributed by atoms with Crippen LogP contribution >= 0.6 is 0 Å². The van der Waals surface area contributed by atoms with Crippen molar-refractivity contribution in [2.24, 2.45) is 5.92 Å². The van der Waals surface area contributed by atoms with E-state index < -0.39 is 0 Å². The van der Waals surface area contributed by atoms with Crippen LogP contribution in [0.1, 0.15) is 37.4 Å². The number of aromatic nitrogens is 1. The minimum Gasteiger partial charge on any atom is -0.384 e. The highest BCUT2D eigenvalue weighted by atomic mass is 16.5. The Morgan fingerprint density at radius 1 is 1.33 bits per heavy atom. The zero-order valence-electron chi connectivity index (χ0n) is 13.7. The van der Waals surface area contributed by atoms with E-state index in [-0.39, 0.29) is 0 Å². The second kappa shape index (κ2) is 8.35. The molecule has 0 aromatic carbocycles. The van der Waals surface area contributed by atoms with Crippen LogP contribution in [0.2, 0.25) is 0 Å². The molecule has 4 heteroatoms.